The van der Waals surface area contributed by atoms with Gasteiger partial charge in [-0.2, -0.15) is 11.8 Å². The van der Waals surface area contributed by atoms with Crippen LogP contribution in [0.25, 0.3) is 0 Å². The molecule has 0 aliphatic heterocycles. The first kappa shape index (κ1) is 12.8. The van der Waals surface area contributed by atoms with Gasteiger partial charge in [0.15, 0.2) is 0 Å². The summed E-state index contributed by atoms with van der Waals surface area (Å²) in [6.45, 7) is 9.33. The lowest BCUT2D eigenvalue weighted by Gasteiger charge is -2.17. The molecule has 78 valence electrons. The fourth-order valence-corrected chi connectivity index (χ4v) is 1.06. The van der Waals surface area contributed by atoms with Crippen LogP contribution in [0.5, 0.6) is 0 Å². The monoisotopic (exact) mass is 202 g/mol. The van der Waals surface area contributed by atoms with Crippen LogP contribution in [0.1, 0.15) is 34.1 Å². The molecule has 0 amide bonds. The molecule has 0 aromatic carbocycles. The van der Waals surface area contributed by atoms with Crippen LogP contribution in [-0.4, -0.2) is 23.9 Å². The summed E-state index contributed by atoms with van der Waals surface area (Å²) in [6.07, 6.45) is 3.24. The molecule has 0 bridgehead atoms. The lowest BCUT2D eigenvalue weighted by atomic mass is 9.95. The Kier molecular flexibility index (Phi) is 5.45. The van der Waals surface area contributed by atoms with Crippen LogP contribution in [-0.2, 0) is 0 Å². The number of hydrogen-bond donors (Lipinski definition) is 1. The summed E-state index contributed by atoms with van der Waals surface area (Å²) in [6, 6.07) is 0. The highest BCUT2D eigenvalue weighted by molar-refractivity contribution is 7.99. The molecule has 0 aliphatic carbocycles. The second kappa shape index (κ2) is 5.53. The number of hydrogen-bond acceptors (Lipinski definition) is 2. The summed E-state index contributed by atoms with van der Waals surface area (Å²) >= 11 is 1.87. The van der Waals surface area contributed by atoms with Crippen LogP contribution in [0.4, 0.5) is 0 Å². The Morgan fingerprint density at radius 2 is 2.00 bits per heavy atom. The maximum Gasteiger partial charge on any atom is 0.0991 e. The van der Waals surface area contributed by atoms with Gasteiger partial charge in [0.2, 0.25) is 0 Å². The predicted octanol–water partition coefficient (Wildman–Crippen LogP) is 2.53. The fourth-order valence-electron chi connectivity index (χ4n) is 0.722. The Labute approximate surface area is 86.4 Å². The highest BCUT2D eigenvalue weighted by Crippen LogP contribution is 2.14. The molecule has 0 radical (unpaired) electrons. The largest absolute Gasteiger partial charge is 0.387 e. The van der Waals surface area contributed by atoms with Gasteiger partial charge in [-0.05, 0) is 12.7 Å². The van der Waals surface area contributed by atoms with Gasteiger partial charge in [0, 0.05) is 17.2 Å². The zero-order valence-corrected chi connectivity index (χ0v) is 10.2. The highest BCUT2D eigenvalue weighted by atomic mass is 32.2. The summed E-state index contributed by atoms with van der Waals surface area (Å²) in [7, 11) is 0. The van der Waals surface area contributed by atoms with E-state index >= 15 is 0 Å². The molecule has 0 aliphatic rings. The molecular formula is C10H22N2S. The summed E-state index contributed by atoms with van der Waals surface area (Å²) in [5.74, 6) is 0.765. The van der Waals surface area contributed by atoms with Gasteiger partial charge in [0.25, 0.3) is 0 Å². The second-order valence-electron chi connectivity index (χ2n) is 4.35. The molecule has 0 rings (SSSR count). The van der Waals surface area contributed by atoms with E-state index in [-0.39, 0.29) is 5.41 Å². The molecular weight excluding hydrogens is 180 g/mol. The summed E-state index contributed by atoms with van der Waals surface area (Å²) in [4.78, 5) is 4.36. The van der Waals surface area contributed by atoms with Gasteiger partial charge >= 0.3 is 0 Å². The van der Waals surface area contributed by atoms with E-state index in [2.05, 4.69) is 38.9 Å². The van der Waals surface area contributed by atoms with Crippen molar-refractivity contribution >= 4 is 17.6 Å². The molecule has 0 aromatic rings. The van der Waals surface area contributed by atoms with Crippen LogP contribution in [0.15, 0.2) is 4.99 Å². The Balaban J connectivity index is 3.85. The average Bonchev–Trinajstić information content (AvgIpc) is 2.02. The van der Waals surface area contributed by atoms with E-state index in [0.717, 1.165) is 18.8 Å². The zero-order chi connectivity index (χ0) is 10.5. The third-order valence-electron chi connectivity index (χ3n) is 1.99. The van der Waals surface area contributed by atoms with Gasteiger partial charge in [-0.25, -0.2) is 0 Å². The van der Waals surface area contributed by atoms with Gasteiger partial charge in [-0.15, -0.1) is 0 Å². The van der Waals surface area contributed by atoms with Crippen molar-refractivity contribution in [1.29, 1.82) is 0 Å². The smallest absolute Gasteiger partial charge is 0.0991 e. The van der Waals surface area contributed by atoms with E-state index in [4.69, 9.17) is 5.73 Å². The van der Waals surface area contributed by atoms with Crippen molar-refractivity contribution in [1.82, 2.24) is 0 Å². The van der Waals surface area contributed by atoms with Gasteiger partial charge < -0.3 is 5.73 Å². The Morgan fingerprint density at radius 3 is 2.38 bits per heavy atom. The molecule has 0 heterocycles. The van der Waals surface area contributed by atoms with E-state index in [1.165, 1.54) is 0 Å². The third kappa shape index (κ3) is 5.97. The first-order valence-corrected chi connectivity index (χ1v) is 6.00. The molecule has 2 N–H and O–H groups in total. The average molecular weight is 202 g/mol. The second-order valence-corrected chi connectivity index (χ2v) is 5.63. The third-order valence-corrected chi connectivity index (χ3v) is 3.03. The van der Waals surface area contributed by atoms with Crippen molar-refractivity contribution in [2.75, 3.05) is 12.8 Å². The van der Waals surface area contributed by atoms with Crippen molar-refractivity contribution in [2.24, 2.45) is 16.1 Å². The van der Waals surface area contributed by atoms with Crippen LogP contribution in [0.2, 0.25) is 0 Å². The maximum absolute atomic E-state index is 5.82. The number of aliphatic imine (C=N–C) groups is 1. The van der Waals surface area contributed by atoms with Crippen LogP contribution >= 0.6 is 11.8 Å². The van der Waals surface area contributed by atoms with Gasteiger partial charge in [-0.1, -0.05) is 27.7 Å². The lowest BCUT2D eigenvalue weighted by Crippen LogP contribution is -2.29. The van der Waals surface area contributed by atoms with E-state index in [1.54, 1.807) is 0 Å². The Bertz CT molecular complexity index is 170. The topological polar surface area (TPSA) is 38.4 Å². The number of rotatable bonds is 4. The highest BCUT2D eigenvalue weighted by Gasteiger charge is 2.14. The van der Waals surface area contributed by atoms with Crippen LogP contribution in [0, 0.1) is 5.41 Å². The summed E-state index contributed by atoms with van der Waals surface area (Å²) in [5, 5.41) is 0.677. The molecule has 0 saturated carbocycles. The maximum atomic E-state index is 5.82. The van der Waals surface area contributed by atoms with Crippen LogP contribution < -0.4 is 5.73 Å². The van der Waals surface area contributed by atoms with Crippen molar-refractivity contribution in [2.45, 2.75) is 39.4 Å². The fraction of sp³-hybridized carbons (Fsp3) is 0.900. The first-order valence-electron chi connectivity index (χ1n) is 4.71. The van der Waals surface area contributed by atoms with Crippen LogP contribution in [0.3, 0.4) is 0 Å². The molecule has 0 aromatic heterocycles. The predicted molar refractivity (Wildman–Crippen MR) is 63.5 cm³/mol. The lowest BCUT2D eigenvalue weighted by molar-refractivity contribution is 0.580. The summed E-state index contributed by atoms with van der Waals surface area (Å²) in [5.41, 5.74) is 5.84. The van der Waals surface area contributed by atoms with Gasteiger partial charge in [-0.3, -0.25) is 4.99 Å². The SMILES string of the molecule is CSC(C)CCN=C(N)C(C)(C)C. The molecule has 1 unspecified atom stereocenters. The Morgan fingerprint density at radius 1 is 1.46 bits per heavy atom. The molecule has 0 fully saturated rings. The van der Waals surface area contributed by atoms with Crippen molar-refractivity contribution in [3.05, 3.63) is 0 Å². The van der Waals surface area contributed by atoms with Gasteiger partial charge in [0.05, 0.1) is 5.84 Å². The first-order chi connectivity index (χ1) is 5.88. The molecule has 3 heteroatoms. The number of nitrogens with zero attached hydrogens (tertiary/aromatic N) is 1. The quantitative estimate of drug-likeness (QED) is 0.562. The number of thioether (sulfide) groups is 1. The van der Waals surface area contributed by atoms with Gasteiger partial charge in [0.1, 0.15) is 0 Å². The van der Waals surface area contributed by atoms with Crippen molar-refractivity contribution < 1.29 is 0 Å². The molecule has 0 saturated heterocycles. The standard InChI is InChI=1S/C10H22N2S/c1-8(13-5)6-7-12-9(11)10(2,3)4/h8H,6-7H2,1-5H3,(H2,11,12). The molecule has 1 atom stereocenters. The number of amidine groups is 1. The summed E-state index contributed by atoms with van der Waals surface area (Å²) < 4.78 is 0. The molecule has 0 spiro atoms. The van der Waals surface area contributed by atoms with E-state index < -0.39 is 0 Å². The normalized spacial score (nSPS) is 15.9. The molecule has 13 heavy (non-hydrogen) atoms. The van der Waals surface area contributed by atoms with Crippen molar-refractivity contribution in [3.63, 3.8) is 0 Å². The van der Waals surface area contributed by atoms with Crippen molar-refractivity contribution in [3.8, 4) is 0 Å². The zero-order valence-electron chi connectivity index (χ0n) is 9.42. The van der Waals surface area contributed by atoms with E-state index in [9.17, 15) is 0 Å². The van der Waals surface area contributed by atoms with E-state index in [0.29, 0.717) is 5.25 Å². The van der Waals surface area contributed by atoms with E-state index in [1.807, 2.05) is 11.8 Å². The minimum absolute atomic E-state index is 0.0165. The minimum atomic E-state index is 0.0165. The molecule has 2 nitrogen and oxygen atoms in total. The Hall–Kier alpha value is -0.180. The number of nitrogens with two attached hydrogens (primary N) is 1. The minimum Gasteiger partial charge on any atom is -0.387 e.